The van der Waals surface area contributed by atoms with Crippen molar-refractivity contribution in [1.82, 2.24) is 10.9 Å². The second-order valence-corrected chi connectivity index (χ2v) is 4.28. The van der Waals surface area contributed by atoms with Crippen molar-refractivity contribution in [2.24, 2.45) is 5.73 Å². The van der Waals surface area contributed by atoms with Crippen LogP contribution in [0.1, 0.15) is 11.1 Å². The minimum Gasteiger partial charge on any atom is -0.480 e. The maximum absolute atomic E-state index is 9.24. The molecule has 0 unspecified atom stereocenters. The van der Waals surface area contributed by atoms with Crippen molar-refractivity contribution in [3.8, 4) is 0 Å². The van der Waals surface area contributed by atoms with E-state index in [1.54, 1.807) is 0 Å². The Morgan fingerprint density at radius 3 is 1.48 bits per heavy atom. The molecule has 2 aromatic carbocycles. The van der Waals surface area contributed by atoms with E-state index in [1.807, 2.05) is 36.4 Å². The highest BCUT2D eigenvalue weighted by Crippen LogP contribution is 1.98. The molecule has 0 saturated heterocycles. The number of hydrogen-bond donors (Lipinski definition) is 4. The van der Waals surface area contributed by atoms with Crippen LogP contribution in [0, 0.1) is 0 Å². The third-order valence-corrected chi connectivity index (χ3v) is 2.57. The van der Waals surface area contributed by atoms with Crippen LogP contribution in [0.4, 0.5) is 0 Å². The topological polar surface area (TPSA) is 87.4 Å². The predicted molar refractivity (Wildman–Crippen MR) is 83.3 cm³/mol. The third kappa shape index (κ3) is 8.54. The Hall–Kier alpha value is -2.21. The molecule has 112 valence electrons. The fraction of sp³-hybridized carbons (Fsp3) is 0.188. The van der Waals surface area contributed by atoms with E-state index in [0.29, 0.717) is 0 Å². The highest BCUT2D eigenvalue weighted by atomic mass is 16.4. The molecule has 0 aliphatic heterocycles. The van der Waals surface area contributed by atoms with E-state index >= 15 is 0 Å². The molecule has 0 bridgehead atoms. The van der Waals surface area contributed by atoms with Gasteiger partial charge in [-0.2, -0.15) is 0 Å². The van der Waals surface area contributed by atoms with Gasteiger partial charge in [-0.1, -0.05) is 60.7 Å². The molecule has 2 aromatic rings. The zero-order valence-electron chi connectivity index (χ0n) is 11.8. The van der Waals surface area contributed by atoms with Crippen molar-refractivity contribution >= 4 is 5.97 Å². The number of carboxylic acids is 1. The summed E-state index contributed by atoms with van der Waals surface area (Å²) in [6.45, 7) is 1.40. The van der Waals surface area contributed by atoms with Gasteiger partial charge >= 0.3 is 5.97 Å². The maximum atomic E-state index is 9.24. The lowest BCUT2D eigenvalue weighted by molar-refractivity contribution is -0.135. The van der Waals surface area contributed by atoms with Crippen LogP contribution >= 0.6 is 0 Å². The standard InChI is InChI=1S/C14H16N2.C2H5NO2/c1-3-7-13(8-4-1)11-15-16-12-14-9-5-2-6-10-14;3-1-2(4)5/h1-10,15-16H,11-12H2;1,3H2,(H,4,5). The van der Waals surface area contributed by atoms with Crippen LogP contribution in [0.3, 0.4) is 0 Å². The van der Waals surface area contributed by atoms with Gasteiger partial charge in [-0.25, -0.2) is 0 Å². The minimum absolute atomic E-state index is 0.278. The van der Waals surface area contributed by atoms with Crippen molar-refractivity contribution in [2.45, 2.75) is 13.1 Å². The number of nitrogens with two attached hydrogens (primary N) is 1. The van der Waals surface area contributed by atoms with Gasteiger partial charge in [-0.15, -0.1) is 0 Å². The number of rotatable bonds is 6. The molecule has 0 aliphatic rings. The molecule has 5 heteroatoms. The Morgan fingerprint density at radius 1 is 0.857 bits per heavy atom. The fourth-order valence-corrected chi connectivity index (χ4v) is 1.52. The summed E-state index contributed by atoms with van der Waals surface area (Å²) < 4.78 is 0. The van der Waals surface area contributed by atoms with Gasteiger partial charge < -0.3 is 10.8 Å². The van der Waals surface area contributed by atoms with Crippen LogP contribution in [0.5, 0.6) is 0 Å². The van der Waals surface area contributed by atoms with E-state index in [9.17, 15) is 4.79 Å². The van der Waals surface area contributed by atoms with E-state index in [2.05, 4.69) is 40.9 Å². The van der Waals surface area contributed by atoms with Gasteiger partial charge in [0, 0.05) is 13.1 Å². The van der Waals surface area contributed by atoms with Gasteiger partial charge in [0.05, 0.1) is 6.54 Å². The van der Waals surface area contributed by atoms with Gasteiger partial charge in [0.1, 0.15) is 0 Å². The molecule has 5 nitrogen and oxygen atoms in total. The molecule has 0 radical (unpaired) electrons. The van der Waals surface area contributed by atoms with E-state index in [4.69, 9.17) is 5.11 Å². The van der Waals surface area contributed by atoms with Crippen molar-refractivity contribution in [3.05, 3.63) is 71.8 Å². The van der Waals surface area contributed by atoms with Crippen molar-refractivity contribution < 1.29 is 9.90 Å². The van der Waals surface area contributed by atoms with Crippen LogP contribution in [-0.2, 0) is 17.9 Å². The smallest absolute Gasteiger partial charge is 0.317 e. The average molecular weight is 287 g/mol. The molecule has 0 atom stereocenters. The molecule has 0 heterocycles. The number of aliphatic carboxylic acids is 1. The minimum atomic E-state index is -0.968. The Kier molecular flexibility index (Phi) is 8.47. The zero-order chi connectivity index (χ0) is 15.3. The zero-order valence-corrected chi connectivity index (χ0v) is 11.8. The average Bonchev–Trinajstić information content (AvgIpc) is 2.54. The molecule has 0 aromatic heterocycles. The Bertz CT molecular complexity index is 462. The third-order valence-electron chi connectivity index (χ3n) is 2.57. The molecular formula is C16H21N3O2. The van der Waals surface area contributed by atoms with E-state index in [0.717, 1.165) is 13.1 Å². The van der Waals surface area contributed by atoms with Gasteiger partial charge in [0.2, 0.25) is 0 Å². The molecule has 5 N–H and O–H groups in total. The van der Waals surface area contributed by atoms with E-state index in [1.165, 1.54) is 11.1 Å². The SMILES string of the molecule is NCC(=O)O.c1ccc(CNNCc2ccccc2)cc1. The van der Waals surface area contributed by atoms with Gasteiger partial charge in [-0.05, 0) is 11.1 Å². The Morgan fingerprint density at radius 2 is 1.19 bits per heavy atom. The monoisotopic (exact) mass is 287 g/mol. The van der Waals surface area contributed by atoms with E-state index in [-0.39, 0.29) is 6.54 Å². The lowest BCUT2D eigenvalue weighted by atomic mass is 10.2. The highest BCUT2D eigenvalue weighted by molar-refractivity contribution is 5.68. The second-order valence-electron chi connectivity index (χ2n) is 4.28. The molecule has 0 aliphatic carbocycles. The number of benzene rings is 2. The van der Waals surface area contributed by atoms with Crippen LogP contribution in [0.15, 0.2) is 60.7 Å². The summed E-state index contributed by atoms with van der Waals surface area (Å²) in [6.07, 6.45) is 0. The molecule has 0 saturated carbocycles. The van der Waals surface area contributed by atoms with Crippen molar-refractivity contribution in [3.63, 3.8) is 0 Å². The van der Waals surface area contributed by atoms with E-state index < -0.39 is 5.97 Å². The summed E-state index contributed by atoms with van der Waals surface area (Å²) in [5, 5.41) is 7.60. The number of hydrogen-bond acceptors (Lipinski definition) is 4. The van der Waals surface area contributed by atoms with Gasteiger partial charge in [-0.3, -0.25) is 15.6 Å². The normalized spacial score (nSPS) is 9.57. The largest absolute Gasteiger partial charge is 0.480 e. The second kappa shape index (κ2) is 10.6. The summed E-state index contributed by atoms with van der Waals surface area (Å²) in [4.78, 5) is 9.24. The number of nitrogens with one attached hydrogen (secondary N) is 2. The first kappa shape index (κ1) is 16.8. The molecule has 0 fully saturated rings. The lowest BCUT2D eigenvalue weighted by Gasteiger charge is -2.06. The van der Waals surface area contributed by atoms with Crippen LogP contribution in [0.2, 0.25) is 0 Å². The summed E-state index contributed by atoms with van der Waals surface area (Å²) in [5.74, 6) is -0.968. The van der Waals surface area contributed by atoms with Gasteiger partial charge in [0.25, 0.3) is 0 Å². The van der Waals surface area contributed by atoms with Gasteiger partial charge in [0.15, 0.2) is 0 Å². The summed E-state index contributed by atoms with van der Waals surface area (Å²) in [6, 6.07) is 20.7. The van der Waals surface area contributed by atoms with Crippen LogP contribution < -0.4 is 16.6 Å². The Balaban J connectivity index is 0.000000383. The maximum Gasteiger partial charge on any atom is 0.317 e. The molecular weight excluding hydrogens is 266 g/mol. The number of carboxylic acid groups (broad SMARTS) is 1. The number of carbonyl (C=O) groups is 1. The predicted octanol–water partition coefficient (Wildman–Crippen LogP) is 1.51. The van der Waals surface area contributed by atoms with Crippen LogP contribution in [0.25, 0.3) is 0 Å². The van der Waals surface area contributed by atoms with Crippen molar-refractivity contribution in [1.29, 1.82) is 0 Å². The van der Waals surface area contributed by atoms with Crippen LogP contribution in [-0.4, -0.2) is 17.6 Å². The first-order valence-electron chi connectivity index (χ1n) is 6.68. The molecule has 2 rings (SSSR count). The molecule has 0 amide bonds. The first-order chi connectivity index (χ1) is 10.2. The molecule has 0 spiro atoms. The molecule has 21 heavy (non-hydrogen) atoms. The summed E-state index contributed by atoms with van der Waals surface area (Å²) >= 11 is 0. The number of hydrazine groups is 1. The Labute approximate surface area is 124 Å². The first-order valence-corrected chi connectivity index (χ1v) is 6.68. The quantitative estimate of drug-likeness (QED) is 0.478. The lowest BCUT2D eigenvalue weighted by Crippen LogP contribution is -2.30. The summed E-state index contributed by atoms with van der Waals surface area (Å²) in [7, 11) is 0. The fourth-order valence-electron chi connectivity index (χ4n) is 1.52. The summed E-state index contributed by atoms with van der Waals surface area (Å²) in [5.41, 5.74) is 13.5. The van der Waals surface area contributed by atoms with Crippen molar-refractivity contribution in [2.75, 3.05) is 6.54 Å². The highest BCUT2D eigenvalue weighted by Gasteiger charge is 1.91.